The Bertz CT molecular complexity index is 1250. The molecule has 0 saturated heterocycles. The smallest absolute Gasteiger partial charge is 0.255 e. The van der Waals surface area contributed by atoms with Gasteiger partial charge in [0, 0.05) is 21.6 Å². The first-order valence-electron chi connectivity index (χ1n) is 10.9. The van der Waals surface area contributed by atoms with E-state index < -0.39 is 7.14 Å². The second-order valence-corrected chi connectivity index (χ2v) is 11.5. The largest absolute Gasteiger partial charge is 0.497 e. The quantitative estimate of drug-likeness (QED) is 0.258. The van der Waals surface area contributed by atoms with Crippen LogP contribution in [-0.2, 0) is 11.1 Å². The highest BCUT2D eigenvalue weighted by Crippen LogP contribution is 2.44. The number of amides is 1. The molecule has 4 aromatic carbocycles. The Morgan fingerprint density at radius 1 is 0.794 bits per heavy atom. The average molecular weight is 534 g/mol. The standard InChI is InChI=1S/C28H25BrNO3P/c1-33-23-18-16-22(17-19-23)20-30(28(31)26-14-8-9-15-27(26)29)21-34(32,24-10-4-2-5-11-24)25-12-6-3-7-13-25/h2-19H,20-21H2,1H3. The number of benzene rings is 4. The number of ether oxygens (including phenoxy) is 1. The van der Waals surface area contributed by atoms with Gasteiger partial charge in [-0.15, -0.1) is 0 Å². The first-order chi connectivity index (χ1) is 16.5. The van der Waals surface area contributed by atoms with Crippen LogP contribution in [0.1, 0.15) is 15.9 Å². The summed E-state index contributed by atoms with van der Waals surface area (Å²) in [5, 5.41) is 1.45. The lowest BCUT2D eigenvalue weighted by Gasteiger charge is -2.29. The van der Waals surface area contributed by atoms with Gasteiger partial charge < -0.3 is 14.2 Å². The minimum absolute atomic E-state index is 0.0766. The van der Waals surface area contributed by atoms with Crippen molar-refractivity contribution in [2.24, 2.45) is 0 Å². The molecule has 0 aliphatic heterocycles. The van der Waals surface area contributed by atoms with Gasteiger partial charge in [-0.05, 0) is 45.8 Å². The lowest BCUT2D eigenvalue weighted by atomic mass is 10.1. The van der Waals surface area contributed by atoms with E-state index in [9.17, 15) is 9.36 Å². The van der Waals surface area contributed by atoms with Crippen molar-refractivity contribution >= 4 is 39.6 Å². The molecule has 0 aliphatic carbocycles. The van der Waals surface area contributed by atoms with Gasteiger partial charge in [-0.3, -0.25) is 4.79 Å². The molecule has 1 amide bonds. The van der Waals surface area contributed by atoms with E-state index in [4.69, 9.17) is 4.74 Å². The molecule has 0 spiro atoms. The van der Waals surface area contributed by atoms with Crippen LogP contribution in [0.2, 0.25) is 0 Å². The highest BCUT2D eigenvalue weighted by atomic mass is 79.9. The molecule has 172 valence electrons. The Morgan fingerprint density at radius 3 is 1.85 bits per heavy atom. The third-order valence-corrected chi connectivity index (χ3v) is 9.34. The molecule has 0 heterocycles. The summed E-state index contributed by atoms with van der Waals surface area (Å²) in [6, 6.07) is 33.8. The van der Waals surface area contributed by atoms with E-state index in [1.807, 2.05) is 103 Å². The number of methoxy groups -OCH3 is 1. The monoisotopic (exact) mass is 533 g/mol. The fourth-order valence-electron chi connectivity index (χ4n) is 3.83. The molecule has 0 atom stereocenters. The number of carbonyl (C=O) groups is 1. The second-order valence-electron chi connectivity index (χ2n) is 7.88. The molecular weight excluding hydrogens is 509 g/mol. The molecule has 4 aromatic rings. The van der Waals surface area contributed by atoms with E-state index in [1.165, 1.54) is 0 Å². The predicted octanol–water partition coefficient (Wildman–Crippen LogP) is 6.07. The van der Waals surface area contributed by atoms with Crippen LogP contribution in [0.3, 0.4) is 0 Å². The summed E-state index contributed by atoms with van der Waals surface area (Å²) in [5.74, 6) is 0.557. The summed E-state index contributed by atoms with van der Waals surface area (Å²) < 4.78 is 20.7. The van der Waals surface area contributed by atoms with Gasteiger partial charge in [-0.25, -0.2) is 0 Å². The minimum Gasteiger partial charge on any atom is -0.497 e. The van der Waals surface area contributed by atoms with Crippen LogP contribution in [-0.4, -0.2) is 24.2 Å². The normalized spacial score (nSPS) is 11.1. The van der Waals surface area contributed by atoms with Gasteiger partial charge in [-0.1, -0.05) is 84.9 Å². The highest BCUT2D eigenvalue weighted by molar-refractivity contribution is 9.10. The van der Waals surface area contributed by atoms with Crippen LogP contribution in [0.15, 0.2) is 114 Å². The van der Waals surface area contributed by atoms with Crippen LogP contribution >= 0.6 is 23.1 Å². The van der Waals surface area contributed by atoms with Gasteiger partial charge in [0.25, 0.3) is 5.91 Å². The van der Waals surface area contributed by atoms with E-state index in [-0.39, 0.29) is 12.2 Å². The van der Waals surface area contributed by atoms with Crippen molar-refractivity contribution in [2.75, 3.05) is 13.4 Å². The van der Waals surface area contributed by atoms with Gasteiger partial charge in [0.05, 0.1) is 19.0 Å². The van der Waals surface area contributed by atoms with Crippen molar-refractivity contribution in [3.05, 3.63) is 125 Å². The zero-order chi connectivity index (χ0) is 24.0. The Kier molecular flexibility index (Phi) is 7.66. The third kappa shape index (κ3) is 5.32. The lowest BCUT2D eigenvalue weighted by Crippen LogP contribution is -2.35. The summed E-state index contributed by atoms with van der Waals surface area (Å²) in [6.45, 7) is 0.313. The molecule has 0 fully saturated rings. The lowest BCUT2D eigenvalue weighted by molar-refractivity contribution is 0.0771. The topological polar surface area (TPSA) is 46.6 Å². The molecule has 0 radical (unpaired) electrons. The van der Waals surface area contributed by atoms with Gasteiger partial charge in [0.15, 0.2) is 7.14 Å². The number of carbonyl (C=O) groups excluding carboxylic acids is 1. The molecule has 4 rings (SSSR count). The first-order valence-corrected chi connectivity index (χ1v) is 13.6. The van der Waals surface area contributed by atoms with Crippen molar-refractivity contribution in [2.45, 2.75) is 6.54 Å². The van der Waals surface area contributed by atoms with Crippen molar-refractivity contribution in [1.29, 1.82) is 0 Å². The van der Waals surface area contributed by atoms with Gasteiger partial charge in [0.2, 0.25) is 0 Å². The molecule has 0 aromatic heterocycles. The molecule has 4 nitrogen and oxygen atoms in total. The molecule has 6 heteroatoms. The average Bonchev–Trinajstić information content (AvgIpc) is 2.89. The number of rotatable bonds is 8. The Labute approximate surface area is 208 Å². The second kappa shape index (κ2) is 10.9. The maximum absolute atomic E-state index is 14.7. The van der Waals surface area contributed by atoms with Crippen LogP contribution in [0.25, 0.3) is 0 Å². The third-order valence-electron chi connectivity index (χ3n) is 5.64. The first kappa shape index (κ1) is 24.0. The van der Waals surface area contributed by atoms with Crippen LogP contribution < -0.4 is 15.3 Å². The molecule has 0 aliphatic rings. The van der Waals surface area contributed by atoms with E-state index in [1.54, 1.807) is 18.1 Å². The summed E-state index contributed by atoms with van der Waals surface area (Å²) in [4.78, 5) is 15.5. The fraction of sp³-hybridized carbons (Fsp3) is 0.107. The predicted molar refractivity (Wildman–Crippen MR) is 142 cm³/mol. The van der Waals surface area contributed by atoms with E-state index in [0.717, 1.165) is 21.9 Å². The van der Waals surface area contributed by atoms with E-state index >= 15 is 0 Å². The number of halogens is 1. The zero-order valence-corrected chi connectivity index (χ0v) is 21.3. The highest BCUT2D eigenvalue weighted by Gasteiger charge is 2.32. The summed E-state index contributed by atoms with van der Waals surface area (Å²) in [6.07, 6.45) is 0.0766. The summed E-state index contributed by atoms with van der Waals surface area (Å²) >= 11 is 3.51. The Hall–Kier alpha value is -3.14. The molecule has 0 N–H and O–H groups in total. The van der Waals surface area contributed by atoms with Crippen LogP contribution in [0.4, 0.5) is 0 Å². The number of nitrogens with zero attached hydrogens (tertiary/aromatic N) is 1. The van der Waals surface area contributed by atoms with Crippen LogP contribution in [0, 0.1) is 0 Å². The minimum atomic E-state index is -3.16. The molecule has 0 saturated carbocycles. The molecular formula is C28H25BrNO3P. The van der Waals surface area contributed by atoms with Gasteiger partial charge >= 0.3 is 0 Å². The van der Waals surface area contributed by atoms with Crippen molar-refractivity contribution < 1.29 is 14.1 Å². The Morgan fingerprint density at radius 2 is 1.32 bits per heavy atom. The maximum atomic E-state index is 14.7. The molecule has 0 bridgehead atoms. The number of hydrogen-bond acceptors (Lipinski definition) is 3. The maximum Gasteiger partial charge on any atom is 0.255 e. The van der Waals surface area contributed by atoms with Crippen molar-refractivity contribution in [1.82, 2.24) is 4.90 Å². The van der Waals surface area contributed by atoms with Gasteiger partial charge in [-0.2, -0.15) is 0 Å². The van der Waals surface area contributed by atoms with E-state index in [2.05, 4.69) is 15.9 Å². The van der Waals surface area contributed by atoms with E-state index in [0.29, 0.717) is 16.6 Å². The summed E-state index contributed by atoms with van der Waals surface area (Å²) in [7, 11) is -1.54. The fourth-order valence-corrected chi connectivity index (χ4v) is 6.93. The summed E-state index contributed by atoms with van der Waals surface area (Å²) in [5.41, 5.74) is 1.46. The zero-order valence-electron chi connectivity index (χ0n) is 18.8. The SMILES string of the molecule is COc1ccc(CN(CP(=O)(c2ccccc2)c2ccccc2)C(=O)c2ccccc2Br)cc1. The van der Waals surface area contributed by atoms with Crippen LogP contribution in [0.5, 0.6) is 5.75 Å². The molecule has 34 heavy (non-hydrogen) atoms. The van der Waals surface area contributed by atoms with Crippen molar-refractivity contribution in [3.8, 4) is 5.75 Å². The molecule has 0 unspecified atom stereocenters. The van der Waals surface area contributed by atoms with Gasteiger partial charge in [0.1, 0.15) is 5.75 Å². The number of hydrogen-bond donors (Lipinski definition) is 0. The van der Waals surface area contributed by atoms with Crippen molar-refractivity contribution in [3.63, 3.8) is 0 Å². The Balaban J connectivity index is 1.78.